The van der Waals surface area contributed by atoms with E-state index in [4.69, 9.17) is 5.73 Å². The number of nitrogens with one attached hydrogen (secondary N) is 1. The van der Waals surface area contributed by atoms with Crippen molar-refractivity contribution in [1.29, 1.82) is 0 Å². The van der Waals surface area contributed by atoms with Crippen molar-refractivity contribution >= 4 is 16.9 Å². The summed E-state index contributed by atoms with van der Waals surface area (Å²) < 4.78 is 0. The summed E-state index contributed by atoms with van der Waals surface area (Å²) in [5.74, 6) is 0.116. The van der Waals surface area contributed by atoms with Crippen molar-refractivity contribution in [1.82, 2.24) is 15.2 Å². The van der Waals surface area contributed by atoms with Gasteiger partial charge in [-0.05, 0) is 30.4 Å². The molecule has 76 valence electrons. The lowest BCUT2D eigenvalue weighted by Gasteiger charge is -1.96. The Morgan fingerprint density at radius 3 is 3.00 bits per heavy atom. The summed E-state index contributed by atoms with van der Waals surface area (Å²) in [5, 5.41) is 7.27. The maximum absolute atomic E-state index is 11.1. The third kappa shape index (κ3) is 1.27. The summed E-state index contributed by atoms with van der Waals surface area (Å²) in [5.41, 5.74) is 7.30. The fraction of sp³-hybridized carbons (Fsp3) is 0.300. The van der Waals surface area contributed by atoms with E-state index in [0.717, 1.165) is 5.39 Å². The number of nitrogens with two attached hydrogens (primary N) is 1. The maximum Gasteiger partial charge on any atom is 0.267 e. The average Bonchev–Trinajstić information content (AvgIpc) is 2.97. The first-order valence-electron chi connectivity index (χ1n) is 4.89. The van der Waals surface area contributed by atoms with Crippen LogP contribution in [-0.4, -0.2) is 21.1 Å². The number of hydrogen-bond donors (Lipinski definition) is 2. The maximum atomic E-state index is 11.1. The second-order valence-electron chi connectivity index (χ2n) is 3.88. The van der Waals surface area contributed by atoms with Gasteiger partial charge in [0.2, 0.25) is 0 Å². The van der Waals surface area contributed by atoms with Gasteiger partial charge in [0.15, 0.2) is 5.65 Å². The number of aromatic amines is 1. The largest absolute Gasteiger partial charge is 0.364 e. The molecule has 0 bridgehead atoms. The van der Waals surface area contributed by atoms with Gasteiger partial charge in [-0.25, -0.2) is 4.98 Å². The van der Waals surface area contributed by atoms with Crippen molar-refractivity contribution in [2.24, 2.45) is 5.73 Å². The van der Waals surface area contributed by atoms with Crippen LogP contribution in [0.15, 0.2) is 12.3 Å². The van der Waals surface area contributed by atoms with Gasteiger partial charge in [0.25, 0.3) is 5.91 Å². The van der Waals surface area contributed by atoms with E-state index < -0.39 is 5.91 Å². The van der Waals surface area contributed by atoms with Crippen molar-refractivity contribution in [2.45, 2.75) is 18.8 Å². The second-order valence-corrected chi connectivity index (χ2v) is 3.88. The Kier molecular flexibility index (Phi) is 1.56. The Balaban J connectivity index is 2.21. The van der Waals surface area contributed by atoms with E-state index in [-0.39, 0.29) is 0 Å². The molecule has 1 aliphatic carbocycles. The second kappa shape index (κ2) is 2.79. The van der Waals surface area contributed by atoms with E-state index in [9.17, 15) is 4.79 Å². The van der Waals surface area contributed by atoms with Gasteiger partial charge in [0, 0.05) is 6.20 Å². The molecule has 0 atom stereocenters. The number of hydrogen-bond acceptors (Lipinski definition) is 3. The van der Waals surface area contributed by atoms with Crippen LogP contribution in [0, 0.1) is 0 Å². The monoisotopic (exact) mass is 202 g/mol. The molecule has 2 aromatic rings. The molecule has 0 radical (unpaired) electrons. The SMILES string of the molecule is NC(=O)c1[nH]nc2ncc(C3CC3)cc12. The topological polar surface area (TPSA) is 84.7 Å². The molecule has 0 saturated heterocycles. The molecular formula is C10H10N4O. The van der Waals surface area contributed by atoms with Crippen LogP contribution in [0.2, 0.25) is 0 Å². The van der Waals surface area contributed by atoms with Gasteiger partial charge in [-0.1, -0.05) is 0 Å². The molecule has 0 aromatic carbocycles. The van der Waals surface area contributed by atoms with Crippen LogP contribution >= 0.6 is 0 Å². The number of fused-ring (bicyclic) bond motifs is 1. The predicted octanol–water partition coefficient (Wildman–Crippen LogP) is 0.934. The summed E-state index contributed by atoms with van der Waals surface area (Å²) in [6, 6.07) is 1.96. The van der Waals surface area contributed by atoms with E-state index in [1.165, 1.54) is 18.4 Å². The lowest BCUT2D eigenvalue weighted by atomic mass is 10.1. The van der Waals surface area contributed by atoms with Crippen molar-refractivity contribution in [3.05, 3.63) is 23.5 Å². The number of carbonyl (C=O) groups excluding carboxylic acids is 1. The van der Waals surface area contributed by atoms with Crippen LogP contribution in [0.25, 0.3) is 11.0 Å². The first kappa shape index (κ1) is 8.40. The molecule has 5 heteroatoms. The van der Waals surface area contributed by atoms with Crippen LogP contribution in [0.5, 0.6) is 0 Å². The minimum Gasteiger partial charge on any atom is -0.364 e. The smallest absolute Gasteiger partial charge is 0.267 e. The fourth-order valence-corrected chi connectivity index (χ4v) is 1.74. The summed E-state index contributed by atoms with van der Waals surface area (Å²) in [7, 11) is 0. The minimum atomic E-state index is -0.493. The van der Waals surface area contributed by atoms with Crippen LogP contribution in [-0.2, 0) is 0 Å². The van der Waals surface area contributed by atoms with Gasteiger partial charge in [0.1, 0.15) is 5.69 Å². The van der Waals surface area contributed by atoms with Gasteiger partial charge >= 0.3 is 0 Å². The summed E-state index contributed by atoms with van der Waals surface area (Å²) in [6.07, 6.45) is 4.24. The number of H-pyrrole nitrogens is 1. The molecular weight excluding hydrogens is 192 g/mol. The molecule has 2 aromatic heterocycles. The number of primary amides is 1. The minimum absolute atomic E-state index is 0.347. The molecule has 1 amide bonds. The van der Waals surface area contributed by atoms with E-state index in [2.05, 4.69) is 15.2 Å². The summed E-state index contributed by atoms with van der Waals surface area (Å²) >= 11 is 0. The highest BCUT2D eigenvalue weighted by Crippen LogP contribution is 2.40. The van der Waals surface area contributed by atoms with Crippen LogP contribution in [0.3, 0.4) is 0 Å². The zero-order chi connectivity index (χ0) is 10.4. The highest BCUT2D eigenvalue weighted by atomic mass is 16.1. The number of amides is 1. The van der Waals surface area contributed by atoms with Gasteiger partial charge in [0.05, 0.1) is 5.39 Å². The number of rotatable bonds is 2. The third-order valence-electron chi connectivity index (χ3n) is 2.73. The van der Waals surface area contributed by atoms with Crippen molar-refractivity contribution in [3.8, 4) is 0 Å². The summed E-state index contributed by atoms with van der Waals surface area (Å²) in [6.45, 7) is 0. The third-order valence-corrected chi connectivity index (χ3v) is 2.73. The van der Waals surface area contributed by atoms with E-state index in [1.807, 2.05) is 12.3 Å². The first-order valence-corrected chi connectivity index (χ1v) is 4.89. The van der Waals surface area contributed by atoms with Crippen molar-refractivity contribution in [3.63, 3.8) is 0 Å². The Labute approximate surface area is 85.7 Å². The van der Waals surface area contributed by atoms with Crippen molar-refractivity contribution < 1.29 is 4.79 Å². The molecule has 0 aliphatic heterocycles. The van der Waals surface area contributed by atoms with Crippen molar-refractivity contribution in [2.75, 3.05) is 0 Å². The highest BCUT2D eigenvalue weighted by Gasteiger charge is 2.25. The molecule has 0 unspecified atom stereocenters. The van der Waals surface area contributed by atoms with Crippen LogP contribution < -0.4 is 5.73 Å². The normalized spacial score (nSPS) is 15.7. The highest BCUT2D eigenvalue weighted by molar-refractivity contribution is 6.03. The molecule has 5 nitrogen and oxygen atoms in total. The zero-order valence-electron chi connectivity index (χ0n) is 8.03. The Hall–Kier alpha value is -1.91. The zero-order valence-corrected chi connectivity index (χ0v) is 8.03. The predicted molar refractivity (Wildman–Crippen MR) is 54.4 cm³/mol. The van der Waals surface area contributed by atoms with Crippen LogP contribution in [0.4, 0.5) is 0 Å². The molecule has 1 fully saturated rings. The lowest BCUT2D eigenvalue weighted by Crippen LogP contribution is -2.11. The molecule has 1 aliphatic rings. The van der Waals surface area contributed by atoms with Gasteiger partial charge in [-0.15, -0.1) is 0 Å². The Morgan fingerprint density at radius 1 is 1.53 bits per heavy atom. The van der Waals surface area contributed by atoms with E-state index in [0.29, 0.717) is 17.3 Å². The van der Waals surface area contributed by atoms with Gasteiger partial charge in [-0.2, -0.15) is 5.10 Å². The molecule has 3 rings (SSSR count). The standard InChI is InChI=1S/C10H10N4O/c11-9(15)8-7-3-6(5-1-2-5)4-12-10(7)14-13-8/h3-5H,1-2H2,(H2,11,15)(H,12,13,14). The molecule has 1 saturated carbocycles. The van der Waals surface area contributed by atoms with Gasteiger partial charge < -0.3 is 5.73 Å². The number of aromatic nitrogens is 3. The molecule has 0 spiro atoms. The average molecular weight is 202 g/mol. The van der Waals surface area contributed by atoms with Crippen LogP contribution in [0.1, 0.15) is 34.8 Å². The van der Waals surface area contributed by atoms with E-state index in [1.54, 1.807) is 0 Å². The Bertz CT molecular complexity index is 541. The number of nitrogens with zero attached hydrogens (tertiary/aromatic N) is 2. The van der Waals surface area contributed by atoms with Gasteiger partial charge in [-0.3, -0.25) is 9.89 Å². The number of carbonyl (C=O) groups is 1. The molecule has 3 N–H and O–H groups in total. The van der Waals surface area contributed by atoms with E-state index >= 15 is 0 Å². The quantitative estimate of drug-likeness (QED) is 0.759. The molecule has 2 heterocycles. The first-order chi connectivity index (χ1) is 7.25. The molecule has 15 heavy (non-hydrogen) atoms. The fourth-order valence-electron chi connectivity index (χ4n) is 1.74. The summed E-state index contributed by atoms with van der Waals surface area (Å²) in [4.78, 5) is 15.3. The number of pyridine rings is 1. The Morgan fingerprint density at radius 2 is 2.33 bits per heavy atom. The lowest BCUT2D eigenvalue weighted by molar-refractivity contribution is 0.0997.